The van der Waals surface area contributed by atoms with E-state index in [1.165, 1.54) is 11.3 Å². The number of aromatic nitrogens is 2. The van der Waals surface area contributed by atoms with Crippen molar-refractivity contribution in [1.82, 2.24) is 10.2 Å². The summed E-state index contributed by atoms with van der Waals surface area (Å²) in [5, 5.41) is 11.8. The third kappa shape index (κ3) is 2.31. The van der Waals surface area contributed by atoms with E-state index >= 15 is 0 Å². The summed E-state index contributed by atoms with van der Waals surface area (Å²) >= 11 is 7.09. The molecule has 1 amide bonds. The lowest BCUT2D eigenvalue weighted by Gasteiger charge is -2.04. The Morgan fingerprint density at radius 3 is 2.95 bits per heavy atom. The van der Waals surface area contributed by atoms with E-state index < -0.39 is 0 Å². The van der Waals surface area contributed by atoms with Crippen LogP contribution in [0.15, 0.2) is 36.5 Å². The van der Waals surface area contributed by atoms with Gasteiger partial charge in [-0.1, -0.05) is 17.7 Å². The molecule has 0 unspecified atom stereocenters. The molecule has 7 heteroatoms. The number of halogens is 1. The molecule has 0 aliphatic rings. The highest BCUT2D eigenvalue weighted by atomic mass is 35.5. The first-order valence-electron chi connectivity index (χ1n) is 5.72. The maximum absolute atomic E-state index is 12.2. The molecular weight excluding hydrogens is 296 g/mol. The lowest BCUT2D eigenvalue weighted by Crippen LogP contribution is -2.11. The molecule has 0 atom stereocenters. The van der Waals surface area contributed by atoms with Gasteiger partial charge in [0.1, 0.15) is 9.71 Å². The summed E-state index contributed by atoms with van der Waals surface area (Å²) in [7, 11) is 0. The smallest absolute Gasteiger partial charge is 0.267 e. The molecule has 3 aromatic rings. The molecule has 5 nitrogen and oxygen atoms in total. The number of benzene rings is 1. The highest BCUT2D eigenvalue weighted by Gasteiger charge is 2.17. The Morgan fingerprint density at radius 2 is 2.20 bits per heavy atom. The average Bonchev–Trinajstić information content (AvgIpc) is 2.77. The zero-order valence-electron chi connectivity index (χ0n) is 10.1. The zero-order chi connectivity index (χ0) is 14.1. The van der Waals surface area contributed by atoms with Gasteiger partial charge in [-0.3, -0.25) is 4.79 Å². The molecule has 0 spiro atoms. The number of thiophene rings is 1. The number of nitrogen functional groups attached to an aromatic ring is 1. The van der Waals surface area contributed by atoms with Gasteiger partial charge in [-0.15, -0.1) is 16.4 Å². The summed E-state index contributed by atoms with van der Waals surface area (Å²) in [6, 6.07) is 8.67. The van der Waals surface area contributed by atoms with Gasteiger partial charge in [-0.05, 0) is 24.3 Å². The molecule has 2 aromatic heterocycles. The number of amides is 1. The molecule has 100 valence electrons. The van der Waals surface area contributed by atoms with Gasteiger partial charge in [0.2, 0.25) is 0 Å². The first-order chi connectivity index (χ1) is 9.65. The van der Waals surface area contributed by atoms with Crippen molar-refractivity contribution in [1.29, 1.82) is 0 Å². The molecule has 2 heterocycles. The highest BCUT2D eigenvalue weighted by Crippen LogP contribution is 2.32. The van der Waals surface area contributed by atoms with Crippen molar-refractivity contribution < 1.29 is 4.79 Å². The normalized spacial score (nSPS) is 10.7. The second-order valence-corrected chi connectivity index (χ2v) is 5.49. The number of rotatable bonds is 2. The Morgan fingerprint density at radius 1 is 1.35 bits per heavy atom. The Hall–Kier alpha value is -2.18. The van der Waals surface area contributed by atoms with E-state index in [9.17, 15) is 4.79 Å². The first-order valence-corrected chi connectivity index (χ1v) is 6.91. The molecule has 20 heavy (non-hydrogen) atoms. The molecule has 0 saturated heterocycles. The molecule has 0 saturated carbocycles. The minimum atomic E-state index is -0.284. The van der Waals surface area contributed by atoms with Gasteiger partial charge in [0.25, 0.3) is 5.91 Å². The van der Waals surface area contributed by atoms with E-state index in [0.29, 0.717) is 26.1 Å². The van der Waals surface area contributed by atoms with E-state index in [2.05, 4.69) is 15.5 Å². The van der Waals surface area contributed by atoms with Gasteiger partial charge in [0.05, 0.1) is 11.9 Å². The van der Waals surface area contributed by atoms with E-state index in [-0.39, 0.29) is 5.91 Å². The molecule has 0 aliphatic carbocycles. The van der Waals surface area contributed by atoms with Crippen LogP contribution in [-0.2, 0) is 0 Å². The summed E-state index contributed by atoms with van der Waals surface area (Å²) in [5.41, 5.74) is 7.01. The van der Waals surface area contributed by atoms with E-state index in [4.69, 9.17) is 17.3 Å². The van der Waals surface area contributed by atoms with Crippen molar-refractivity contribution in [3.8, 4) is 0 Å². The van der Waals surface area contributed by atoms with Crippen molar-refractivity contribution in [3.63, 3.8) is 0 Å². The van der Waals surface area contributed by atoms with Gasteiger partial charge in [-0.25, -0.2) is 0 Å². The molecule has 3 rings (SSSR count). The van der Waals surface area contributed by atoms with Crippen LogP contribution in [-0.4, -0.2) is 16.1 Å². The Kier molecular flexibility index (Phi) is 3.25. The third-order valence-corrected chi connectivity index (χ3v) is 4.05. The summed E-state index contributed by atoms with van der Waals surface area (Å²) in [4.78, 5) is 13.3. The Bertz CT molecular complexity index is 802. The molecule has 0 radical (unpaired) electrons. The van der Waals surface area contributed by atoms with Crippen LogP contribution >= 0.6 is 22.9 Å². The largest absolute Gasteiger partial charge is 0.397 e. The number of carbonyl (C=O) groups excluding carboxylic acids is 1. The summed E-state index contributed by atoms with van der Waals surface area (Å²) in [6.45, 7) is 0. The molecule has 0 fully saturated rings. The van der Waals surface area contributed by atoms with Crippen molar-refractivity contribution in [2.45, 2.75) is 0 Å². The second-order valence-electron chi connectivity index (χ2n) is 4.06. The predicted octanol–water partition coefficient (Wildman–Crippen LogP) is 3.18. The fraction of sp³-hybridized carbons (Fsp3) is 0. The number of hydrogen-bond donors (Lipinski definition) is 2. The minimum absolute atomic E-state index is 0.284. The molecule has 1 aromatic carbocycles. The van der Waals surface area contributed by atoms with Crippen LogP contribution in [0.3, 0.4) is 0 Å². The van der Waals surface area contributed by atoms with Crippen molar-refractivity contribution in [3.05, 3.63) is 46.4 Å². The molecular formula is C13H9ClN4OS. The summed E-state index contributed by atoms with van der Waals surface area (Å²) < 4.78 is 0. The topological polar surface area (TPSA) is 80.9 Å². The lowest BCUT2D eigenvalue weighted by molar-refractivity contribution is 0.103. The van der Waals surface area contributed by atoms with Gasteiger partial charge in [0, 0.05) is 16.1 Å². The SMILES string of the molecule is Nc1c(C(=O)Nc2cccc(Cl)c2)sc2nnccc12. The van der Waals surface area contributed by atoms with Gasteiger partial charge in [0.15, 0.2) is 0 Å². The minimum Gasteiger partial charge on any atom is -0.397 e. The monoisotopic (exact) mass is 304 g/mol. The van der Waals surface area contributed by atoms with Crippen LogP contribution in [0.2, 0.25) is 5.02 Å². The number of nitrogens with two attached hydrogens (primary N) is 1. The fourth-order valence-corrected chi connectivity index (χ4v) is 2.92. The number of nitrogens with one attached hydrogen (secondary N) is 1. The van der Waals surface area contributed by atoms with Crippen LogP contribution in [0.4, 0.5) is 11.4 Å². The molecule has 0 bridgehead atoms. The maximum atomic E-state index is 12.2. The van der Waals surface area contributed by atoms with Crippen LogP contribution in [0.5, 0.6) is 0 Å². The Labute approximate surface area is 123 Å². The number of nitrogens with zero attached hydrogens (tertiary/aromatic N) is 2. The maximum Gasteiger partial charge on any atom is 0.267 e. The van der Waals surface area contributed by atoms with E-state index in [1.54, 1.807) is 36.5 Å². The number of fused-ring (bicyclic) bond motifs is 1. The summed E-state index contributed by atoms with van der Waals surface area (Å²) in [6.07, 6.45) is 1.55. The average molecular weight is 305 g/mol. The van der Waals surface area contributed by atoms with Crippen molar-refractivity contribution >= 4 is 50.4 Å². The second kappa shape index (κ2) is 5.07. The molecule has 0 aliphatic heterocycles. The number of carbonyl (C=O) groups is 1. The fourth-order valence-electron chi connectivity index (χ4n) is 1.80. The highest BCUT2D eigenvalue weighted by molar-refractivity contribution is 7.21. The number of anilines is 2. The van der Waals surface area contributed by atoms with E-state index in [0.717, 1.165) is 5.39 Å². The Balaban J connectivity index is 1.95. The molecule has 3 N–H and O–H groups in total. The van der Waals surface area contributed by atoms with Crippen LogP contribution in [0.25, 0.3) is 10.2 Å². The predicted molar refractivity (Wildman–Crippen MR) is 81.2 cm³/mol. The van der Waals surface area contributed by atoms with Gasteiger partial charge in [-0.2, -0.15) is 5.10 Å². The number of hydrogen-bond acceptors (Lipinski definition) is 5. The van der Waals surface area contributed by atoms with Crippen molar-refractivity contribution in [2.24, 2.45) is 0 Å². The zero-order valence-corrected chi connectivity index (χ0v) is 11.7. The van der Waals surface area contributed by atoms with E-state index in [1.807, 2.05) is 0 Å². The first kappa shape index (κ1) is 12.8. The van der Waals surface area contributed by atoms with Crippen molar-refractivity contribution in [2.75, 3.05) is 11.1 Å². The van der Waals surface area contributed by atoms with Crippen LogP contribution in [0.1, 0.15) is 9.67 Å². The standard InChI is InChI=1S/C13H9ClN4OS/c14-7-2-1-3-8(6-7)17-12(19)11-10(15)9-4-5-16-18-13(9)20-11/h1-6H,15H2,(H,17,19). The van der Waals surface area contributed by atoms with Gasteiger partial charge >= 0.3 is 0 Å². The van der Waals surface area contributed by atoms with Crippen LogP contribution in [0, 0.1) is 0 Å². The lowest BCUT2D eigenvalue weighted by atomic mass is 10.2. The quantitative estimate of drug-likeness (QED) is 0.762. The summed E-state index contributed by atoms with van der Waals surface area (Å²) in [5.74, 6) is -0.284. The van der Waals surface area contributed by atoms with Crippen LogP contribution < -0.4 is 11.1 Å². The third-order valence-electron chi connectivity index (χ3n) is 2.71. The van der Waals surface area contributed by atoms with Gasteiger partial charge < -0.3 is 11.1 Å².